The van der Waals surface area contributed by atoms with Crippen molar-refractivity contribution in [1.29, 1.82) is 0 Å². The minimum Gasteiger partial charge on any atom is -0.411 e. The average molecular weight is 223 g/mol. The normalized spacial score (nSPS) is 12.9. The van der Waals surface area contributed by atoms with Gasteiger partial charge in [-0.2, -0.15) is 0 Å². The van der Waals surface area contributed by atoms with Crippen LogP contribution in [0.3, 0.4) is 0 Å². The minimum atomic E-state index is -0.120. The van der Waals surface area contributed by atoms with E-state index in [2.05, 4.69) is 31.1 Å². The third-order valence-electron chi connectivity index (χ3n) is 2.46. The zero-order valence-corrected chi connectivity index (χ0v) is 10.2. The predicted molar refractivity (Wildman–Crippen MR) is 66.7 cm³/mol. The van der Waals surface area contributed by atoms with Crippen molar-refractivity contribution in [2.75, 3.05) is 0 Å². The molecule has 0 saturated carbocycles. The Kier molecular flexibility index (Phi) is 4.21. The lowest BCUT2D eigenvalue weighted by Gasteiger charge is -2.22. The van der Waals surface area contributed by atoms with Gasteiger partial charge in [-0.3, -0.25) is 0 Å². The fraction of sp³-hybridized carbons (Fsp3) is 0.417. The van der Waals surface area contributed by atoms with E-state index in [1.165, 1.54) is 5.56 Å². The molecule has 1 aromatic rings. The first kappa shape index (κ1) is 12.1. The van der Waals surface area contributed by atoms with Crippen molar-refractivity contribution in [2.45, 2.75) is 31.3 Å². The van der Waals surface area contributed by atoms with E-state index in [1.807, 2.05) is 25.1 Å². The molecule has 0 aliphatic carbocycles. The molecule has 0 saturated heterocycles. The molecule has 0 heterocycles. The Morgan fingerprint density at radius 3 is 2.47 bits per heavy atom. The Bertz CT molecular complexity index is 333. The minimum absolute atomic E-state index is 0.120. The van der Waals surface area contributed by atoms with Gasteiger partial charge in [-0.15, -0.1) is 11.8 Å². The van der Waals surface area contributed by atoms with Crippen LogP contribution in [0.15, 0.2) is 35.5 Å². The largest absolute Gasteiger partial charge is 0.411 e. The maximum atomic E-state index is 8.74. The number of rotatable bonds is 4. The lowest BCUT2D eigenvalue weighted by Crippen LogP contribution is -2.25. The van der Waals surface area contributed by atoms with E-state index < -0.39 is 0 Å². The predicted octanol–water partition coefficient (Wildman–Crippen LogP) is 3.55. The van der Waals surface area contributed by atoms with Crippen LogP contribution in [-0.2, 0) is 5.75 Å². The molecule has 1 rings (SSSR count). The summed E-state index contributed by atoms with van der Waals surface area (Å²) < 4.78 is -0.120. The lowest BCUT2D eigenvalue weighted by molar-refractivity contribution is 0.316. The Morgan fingerprint density at radius 2 is 1.93 bits per heavy atom. The monoisotopic (exact) mass is 223 g/mol. The standard InChI is InChI=1S/C12H17NOS/c1-10(13-14)12(2,3)15-9-11-7-5-4-6-8-11/h4-8,14H,9H2,1-3H3/b13-10-. The number of hydrogen-bond donors (Lipinski definition) is 1. The van der Waals surface area contributed by atoms with Crippen LogP contribution in [0.25, 0.3) is 0 Å². The summed E-state index contributed by atoms with van der Waals surface area (Å²) in [7, 11) is 0. The second-order valence-electron chi connectivity index (χ2n) is 3.97. The molecule has 1 N–H and O–H groups in total. The Morgan fingerprint density at radius 1 is 1.33 bits per heavy atom. The first-order valence-electron chi connectivity index (χ1n) is 4.93. The molecule has 2 nitrogen and oxygen atoms in total. The van der Waals surface area contributed by atoms with Crippen molar-refractivity contribution in [3.05, 3.63) is 35.9 Å². The summed E-state index contributed by atoms with van der Waals surface area (Å²) in [6.07, 6.45) is 0. The van der Waals surface area contributed by atoms with Gasteiger partial charge in [-0.25, -0.2) is 0 Å². The molecule has 0 spiro atoms. The molecule has 15 heavy (non-hydrogen) atoms. The summed E-state index contributed by atoms with van der Waals surface area (Å²) in [4.78, 5) is 0. The van der Waals surface area contributed by atoms with Crippen LogP contribution in [0.5, 0.6) is 0 Å². The molecule has 0 aromatic heterocycles. The highest BCUT2D eigenvalue weighted by molar-refractivity contribution is 8.00. The van der Waals surface area contributed by atoms with Crippen molar-refractivity contribution in [1.82, 2.24) is 0 Å². The van der Waals surface area contributed by atoms with Gasteiger partial charge in [0.1, 0.15) is 0 Å². The molecule has 82 valence electrons. The maximum absolute atomic E-state index is 8.74. The zero-order valence-electron chi connectivity index (χ0n) is 9.40. The van der Waals surface area contributed by atoms with Crippen molar-refractivity contribution in [3.63, 3.8) is 0 Å². The fourth-order valence-electron chi connectivity index (χ4n) is 1.06. The second kappa shape index (κ2) is 5.21. The van der Waals surface area contributed by atoms with Crippen LogP contribution >= 0.6 is 11.8 Å². The Hall–Kier alpha value is -0.960. The average Bonchev–Trinajstić information content (AvgIpc) is 2.27. The number of hydrogen-bond acceptors (Lipinski definition) is 3. The molecule has 0 radical (unpaired) electrons. The highest BCUT2D eigenvalue weighted by Crippen LogP contribution is 2.29. The maximum Gasteiger partial charge on any atom is 0.0694 e. The second-order valence-corrected chi connectivity index (χ2v) is 5.57. The number of benzene rings is 1. The van der Waals surface area contributed by atoms with Crippen molar-refractivity contribution in [3.8, 4) is 0 Å². The molecule has 0 bridgehead atoms. The van der Waals surface area contributed by atoms with Gasteiger partial charge < -0.3 is 5.21 Å². The summed E-state index contributed by atoms with van der Waals surface area (Å²) in [6, 6.07) is 10.3. The molecule has 1 aromatic carbocycles. The van der Waals surface area contributed by atoms with Gasteiger partial charge in [0.2, 0.25) is 0 Å². The molecular formula is C12H17NOS. The van der Waals surface area contributed by atoms with Gasteiger partial charge in [0.05, 0.1) is 10.5 Å². The first-order chi connectivity index (χ1) is 7.06. The number of nitrogens with zero attached hydrogens (tertiary/aromatic N) is 1. The summed E-state index contributed by atoms with van der Waals surface area (Å²) in [5.74, 6) is 0.931. The zero-order chi connectivity index (χ0) is 11.3. The van der Waals surface area contributed by atoms with E-state index in [-0.39, 0.29) is 4.75 Å². The summed E-state index contributed by atoms with van der Waals surface area (Å²) in [6.45, 7) is 5.98. The fourth-order valence-corrected chi connectivity index (χ4v) is 2.03. The first-order valence-corrected chi connectivity index (χ1v) is 5.92. The van der Waals surface area contributed by atoms with E-state index >= 15 is 0 Å². The highest BCUT2D eigenvalue weighted by Gasteiger charge is 2.22. The molecular weight excluding hydrogens is 206 g/mol. The van der Waals surface area contributed by atoms with E-state index in [9.17, 15) is 0 Å². The van der Waals surface area contributed by atoms with Crippen molar-refractivity contribution >= 4 is 17.5 Å². The van der Waals surface area contributed by atoms with Crippen LogP contribution in [0.2, 0.25) is 0 Å². The molecule has 3 heteroatoms. The molecule has 0 aliphatic heterocycles. The third-order valence-corrected chi connectivity index (χ3v) is 3.96. The van der Waals surface area contributed by atoms with Crippen molar-refractivity contribution in [2.24, 2.45) is 5.16 Å². The van der Waals surface area contributed by atoms with Gasteiger partial charge in [-0.05, 0) is 26.3 Å². The van der Waals surface area contributed by atoms with Crippen LogP contribution in [0, 0.1) is 0 Å². The number of oxime groups is 1. The quantitative estimate of drug-likeness (QED) is 0.481. The van der Waals surface area contributed by atoms with Gasteiger partial charge in [0, 0.05) is 5.75 Å². The van der Waals surface area contributed by atoms with E-state index in [1.54, 1.807) is 11.8 Å². The molecule has 0 unspecified atom stereocenters. The van der Waals surface area contributed by atoms with Crippen LogP contribution in [0.1, 0.15) is 26.3 Å². The molecule has 0 fully saturated rings. The SMILES string of the molecule is C/C(=N/O)C(C)(C)SCc1ccccc1. The Labute approximate surface area is 95.4 Å². The van der Waals surface area contributed by atoms with Gasteiger partial charge in [0.15, 0.2) is 0 Å². The number of thioether (sulfide) groups is 1. The van der Waals surface area contributed by atoms with E-state index in [0.717, 1.165) is 11.5 Å². The highest BCUT2D eigenvalue weighted by atomic mass is 32.2. The lowest BCUT2D eigenvalue weighted by atomic mass is 10.1. The van der Waals surface area contributed by atoms with Crippen LogP contribution < -0.4 is 0 Å². The summed E-state index contributed by atoms with van der Waals surface area (Å²) in [5, 5.41) is 12.0. The van der Waals surface area contributed by atoms with Crippen LogP contribution in [0.4, 0.5) is 0 Å². The molecule has 0 atom stereocenters. The summed E-state index contributed by atoms with van der Waals surface area (Å²) >= 11 is 1.77. The van der Waals surface area contributed by atoms with Crippen LogP contribution in [-0.4, -0.2) is 15.7 Å². The van der Waals surface area contributed by atoms with Gasteiger partial charge in [-0.1, -0.05) is 35.5 Å². The van der Waals surface area contributed by atoms with E-state index in [4.69, 9.17) is 5.21 Å². The smallest absolute Gasteiger partial charge is 0.0694 e. The third kappa shape index (κ3) is 3.59. The van der Waals surface area contributed by atoms with E-state index in [0.29, 0.717) is 0 Å². The molecule has 0 amide bonds. The van der Waals surface area contributed by atoms with Gasteiger partial charge >= 0.3 is 0 Å². The summed E-state index contributed by atoms with van der Waals surface area (Å²) in [5.41, 5.74) is 2.05. The Balaban J connectivity index is 2.57. The van der Waals surface area contributed by atoms with Gasteiger partial charge in [0.25, 0.3) is 0 Å². The molecule has 0 aliphatic rings. The topological polar surface area (TPSA) is 32.6 Å². The van der Waals surface area contributed by atoms with Crippen molar-refractivity contribution < 1.29 is 5.21 Å².